The summed E-state index contributed by atoms with van der Waals surface area (Å²) in [6, 6.07) is 15.8. The largest absolute Gasteiger partial charge is 0.364 e. The van der Waals surface area contributed by atoms with Gasteiger partial charge < -0.3 is 14.6 Å². The smallest absolute Gasteiger partial charge is 0.326 e. The molecule has 7 nitrogen and oxygen atoms in total. The van der Waals surface area contributed by atoms with Crippen molar-refractivity contribution in [2.24, 2.45) is 0 Å². The summed E-state index contributed by atoms with van der Waals surface area (Å²) in [5, 5.41) is 0.876. The van der Waals surface area contributed by atoms with E-state index in [9.17, 15) is 9.59 Å². The number of fused-ring (bicyclic) bond motifs is 2. The van der Waals surface area contributed by atoms with Crippen LogP contribution in [0.4, 0.5) is 0 Å². The third kappa shape index (κ3) is 3.64. The molecule has 1 aliphatic rings. The number of nitrogens with zero attached hydrogens (tertiary/aromatic N) is 3. The first-order valence-electron chi connectivity index (χ1n) is 10.1. The Morgan fingerprint density at radius 3 is 2.73 bits per heavy atom. The average Bonchev–Trinajstić information content (AvgIpc) is 3.33. The number of piperidine rings is 1. The van der Waals surface area contributed by atoms with Crippen LogP contribution in [-0.2, 0) is 16.1 Å². The first-order valence-corrected chi connectivity index (χ1v) is 10.9. The monoisotopic (exact) mass is 422 g/mol. The van der Waals surface area contributed by atoms with Gasteiger partial charge in [0.25, 0.3) is 0 Å². The molecule has 5 rings (SSSR count). The Hall–Kier alpha value is -2.97. The van der Waals surface area contributed by atoms with Gasteiger partial charge in [0, 0.05) is 19.1 Å². The van der Waals surface area contributed by atoms with Crippen molar-refractivity contribution < 1.29 is 9.53 Å². The first-order chi connectivity index (χ1) is 14.7. The van der Waals surface area contributed by atoms with Crippen molar-refractivity contribution >= 4 is 38.5 Å². The first kappa shape index (κ1) is 19.0. The minimum Gasteiger partial charge on any atom is -0.364 e. The van der Waals surface area contributed by atoms with Crippen LogP contribution >= 0.6 is 11.3 Å². The Morgan fingerprint density at radius 2 is 1.90 bits per heavy atom. The Morgan fingerprint density at radius 1 is 1.13 bits per heavy atom. The normalized spacial score (nSPS) is 15.3. The molecule has 8 heteroatoms. The number of carbonyl (C=O) groups excluding carboxylic acids is 1. The van der Waals surface area contributed by atoms with Crippen LogP contribution in [0.2, 0.25) is 0 Å². The van der Waals surface area contributed by atoms with Crippen molar-refractivity contribution in [1.29, 1.82) is 0 Å². The number of likely N-dealkylation sites (tertiary alicyclic amines) is 1. The number of ether oxygens (including phenoxy) is 1. The van der Waals surface area contributed by atoms with Gasteiger partial charge in [-0.05, 0) is 37.1 Å². The third-order valence-electron chi connectivity index (χ3n) is 5.60. The van der Waals surface area contributed by atoms with Gasteiger partial charge in [0.15, 0.2) is 0 Å². The summed E-state index contributed by atoms with van der Waals surface area (Å²) in [5.74, 6) is -0.0131. The molecular weight excluding hydrogens is 400 g/mol. The molecule has 1 N–H and O–H groups in total. The van der Waals surface area contributed by atoms with Crippen LogP contribution < -0.4 is 5.69 Å². The summed E-state index contributed by atoms with van der Waals surface area (Å²) in [6.45, 7) is 1.64. The van der Waals surface area contributed by atoms with Gasteiger partial charge in [-0.15, -0.1) is 11.3 Å². The Bertz CT molecular complexity index is 1220. The van der Waals surface area contributed by atoms with E-state index in [1.54, 1.807) is 11.3 Å². The fourth-order valence-corrected chi connectivity index (χ4v) is 5.01. The van der Waals surface area contributed by atoms with Gasteiger partial charge in [-0.2, -0.15) is 0 Å². The van der Waals surface area contributed by atoms with Crippen molar-refractivity contribution in [2.45, 2.75) is 25.5 Å². The van der Waals surface area contributed by atoms with E-state index >= 15 is 0 Å². The number of amides is 1. The lowest BCUT2D eigenvalue weighted by Crippen LogP contribution is -2.42. The van der Waals surface area contributed by atoms with Crippen LogP contribution in [0.15, 0.2) is 53.3 Å². The highest BCUT2D eigenvalue weighted by Crippen LogP contribution is 2.25. The minimum absolute atomic E-state index is 0.0131. The molecule has 0 spiro atoms. The second kappa shape index (κ2) is 8.04. The van der Waals surface area contributed by atoms with E-state index in [4.69, 9.17) is 4.74 Å². The van der Waals surface area contributed by atoms with Crippen molar-refractivity contribution in [1.82, 2.24) is 19.4 Å². The molecule has 0 radical (unpaired) electrons. The van der Waals surface area contributed by atoms with Crippen LogP contribution in [0.1, 0.15) is 23.9 Å². The maximum atomic E-state index is 12.5. The number of para-hydroxylation sites is 3. The summed E-state index contributed by atoms with van der Waals surface area (Å²) < 4.78 is 8.59. The van der Waals surface area contributed by atoms with E-state index in [2.05, 4.69) is 9.97 Å². The topological polar surface area (TPSA) is 80.2 Å². The fourth-order valence-electron chi connectivity index (χ4n) is 4.11. The molecule has 0 saturated carbocycles. The SMILES string of the molecule is O=C(COCc1nc2ccccc2s1)N1CCC(n2c(=O)[nH]c3ccccc32)CC1. The third-order valence-corrected chi connectivity index (χ3v) is 6.61. The highest BCUT2D eigenvalue weighted by Gasteiger charge is 2.26. The number of hydrogen-bond acceptors (Lipinski definition) is 5. The molecule has 2 aromatic carbocycles. The number of rotatable bonds is 5. The van der Waals surface area contributed by atoms with Gasteiger partial charge >= 0.3 is 5.69 Å². The maximum Gasteiger partial charge on any atom is 0.326 e. The standard InChI is InChI=1S/C22H22N4O3S/c27-21(14-29-13-20-23-17-6-2-4-8-19(17)30-20)25-11-9-15(10-12-25)26-18-7-3-1-5-16(18)24-22(26)28/h1-8,15H,9-14H2,(H,24,28). The molecule has 3 heterocycles. The van der Waals surface area contributed by atoms with Crippen LogP contribution in [0.25, 0.3) is 21.3 Å². The lowest BCUT2D eigenvalue weighted by Gasteiger charge is -2.32. The molecule has 0 unspecified atom stereocenters. The van der Waals surface area contributed by atoms with Crippen molar-refractivity contribution in [3.8, 4) is 0 Å². The van der Waals surface area contributed by atoms with Gasteiger partial charge in [-0.3, -0.25) is 9.36 Å². The van der Waals surface area contributed by atoms with Gasteiger partial charge in [0.2, 0.25) is 5.91 Å². The molecule has 0 aliphatic carbocycles. The molecule has 0 bridgehead atoms. The molecule has 1 saturated heterocycles. The predicted molar refractivity (Wildman–Crippen MR) is 117 cm³/mol. The van der Waals surface area contributed by atoms with Gasteiger partial charge in [0.05, 0.1) is 27.9 Å². The Labute approximate surface area is 176 Å². The zero-order valence-electron chi connectivity index (χ0n) is 16.4. The summed E-state index contributed by atoms with van der Waals surface area (Å²) in [6.07, 6.45) is 1.51. The van der Waals surface area contributed by atoms with E-state index in [0.717, 1.165) is 39.1 Å². The van der Waals surface area contributed by atoms with Gasteiger partial charge in [0.1, 0.15) is 11.6 Å². The van der Waals surface area contributed by atoms with Gasteiger partial charge in [-0.25, -0.2) is 9.78 Å². The lowest BCUT2D eigenvalue weighted by molar-refractivity contribution is -0.137. The van der Waals surface area contributed by atoms with Crippen LogP contribution in [0.3, 0.4) is 0 Å². The number of benzene rings is 2. The fraction of sp³-hybridized carbons (Fsp3) is 0.318. The minimum atomic E-state index is -0.0832. The Balaban J connectivity index is 1.16. The summed E-state index contributed by atoms with van der Waals surface area (Å²) in [5.41, 5.74) is 2.65. The molecule has 30 heavy (non-hydrogen) atoms. The number of carbonyl (C=O) groups is 1. The number of H-pyrrole nitrogens is 1. The summed E-state index contributed by atoms with van der Waals surface area (Å²) >= 11 is 1.59. The second-order valence-corrected chi connectivity index (χ2v) is 8.61. The molecule has 1 fully saturated rings. The predicted octanol–water partition coefficient (Wildman–Crippen LogP) is 3.32. The number of nitrogens with one attached hydrogen (secondary N) is 1. The molecular formula is C22H22N4O3S. The van der Waals surface area contributed by atoms with Crippen LogP contribution in [0.5, 0.6) is 0 Å². The van der Waals surface area contributed by atoms with E-state index in [1.165, 1.54) is 0 Å². The molecule has 0 atom stereocenters. The summed E-state index contributed by atoms with van der Waals surface area (Å²) in [7, 11) is 0. The lowest BCUT2D eigenvalue weighted by atomic mass is 10.0. The molecule has 1 aliphatic heterocycles. The average molecular weight is 423 g/mol. The highest BCUT2D eigenvalue weighted by atomic mass is 32.1. The highest BCUT2D eigenvalue weighted by molar-refractivity contribution is 7.18. The van der Waals surface area contributed by atoms with E-state index in [1.807, 2.05) is 58.0 Å². The maximum absolute atomic E-state index is 12.5. The van der Waals surface area contributed by atoms with Crippen molar-refractivity contribution in [3.63, 3.8) is 0 Å². The van der Waals surface area contributed by atoms with E-state index in [-0.39, 0.29) is 24.2 Å². The molecule has 2 aromatic heterocycles. The van der Waals surface area contributed by atoms with Crippen LogP contribution in [-0.4, -0.2) is 45.0 Å². The quantitative estimate of drug-likeness (QED) is 0.535. The number of aromatic amines is 1. The molecule has 154 valence electrons. The van der Waals surface area contributed by atoms with Gasteiger partial charge in [-0.1, -0.05) is 24.3 Å². The number of hydrogen-bond donors (Lipinski definition) is 1. The molecule has 4 aromatic rings. The van der Waals surface area contributed by atoms with E-state index < -0.39 is 0 Å². The van der Waals surface area contributed by atoms with Crippen LogP contribution in [0, 0.1) is 0 Å². The number of thiazole rings is 1. The van der Waals surface area contributed by atoms with E-state index in [0.29, 0.717) is 19.7 Å². The zero-order chi connectivity index (χ0) is 20.5. The Kier molecular flexibility index (Phi) is 5.10. The molecule has 1 amide bonds. The number of imidazole rings is 1. The second-order valence-electron chi connectivity index (χ2n) is 7.50. The number of aromatic nitrogens is 3. The summed E-state index contributed by atoms with van der Waals surface area (Å²) in [4.78, 5) is 34.2. The van der Waals surface area contributed by atoms with Crippen molar-refractivity contribution in [3.05, 3.63) is 64.0 Å². The zero-order valence-corrected chi connectivity index (χ0v) is 17.2. The van der Waals surface area contributed by atoms with Crippen molar-refractivity contribution in [2.75, 3.05) is 19.7 Å².